The highest BCUT2D eigenvalue weighted by molar-refractivity contribution is 5.76. The molecule has 0 aliphatic carbocycles. The van der Waals surface area contributed by atoms with Gasteiger partial charge in [0.25, 0.3) is 5.69 Å². The van der Waals surface area contributed by atoms with Crippen molar-refractivity contribution < 1.29 is 4.92 Å². The van der Waals surface area contributed by atoms with Crippen LogP contribution in [0.3, 0.4) is 0 Å². The van der Waals surface area contributed by atoms with Gasteiger partial charge in [0.2, 0.25) is 0 Å². The second-order valence-corrected chi connectivity index (χ2v) is 5.90. The summed E-state index contributed by atoms with van der Waals surface area (Å²) < 4.78 is 1.83. The predicted molar refractivity (Wildman–Crippen MR) is 100 cm³/mol. The molecule has 0 saturated heterocycles. The SMILES string of the molecule is Cc1cc(C#N)n(-c2ccc(CNc3c(N)cccc3[N+](=O)[O-])cc2)c1. The molecule has 1 aromatic heterocycles. The number of para-hydroxylation sites is 1. The lowest BCUT2D eigenvalue weighted by Gasteiger charge is -2.11. The van der Waals surface area contributed by atoms with Crippen molar-refractivity contribution in [2.45, 2.75) is 13.5 Å². The highest BCUT2D eigenvalue weighted by Gasteiger charge is 2.15. The molecule has 0 aliphatic heterocycles. The number of hydrogen-bond acceptors (Lipinski definition) is 5. The summed E-state index contributed by atoms with van der Waals surface area (Å²) >= 11 is 0. The Morgan fingerprint density at radius 3 is 2.65 bits per heavy atom. The fourth-order valence-electron chi connectivity index (χ4n) is 2.76. The molecule has 3 N–H and O–H groups in total. The molecular weight excluding hydrogens is 330 g/mol. The number of nitriles is 1. The Kier molecular flexibility index (Phi) is 4.58. The third-order valence-corrected chi connectivity index (χ3v) is 4.03. The average Bonchev–Trinajstić information content (AvgIpc) is 3.01. The Hall–Kier alpha value is -3.79. The third kappa shape index (κ3) is 3.35. The number of benzene rings is 2. The van der Waals surface area contributed by atoms with E-state index in [1.165, 1.54) is 6.07 Å². The van der Waals surface area contributed by atoms with Crippen LogP contribution in [-0.4, -0.2) is 9.49 Å². The molecule has 0 spiro atoms. The summed E-state index contributed by atoms with van der Waals surface area (Å²) in [6.07, 6.45) is 1.90. The van der Waals surface area contributed by atoms with Crippen LogP contribution in [0.1, 0.15) is 16.8 Å². The van der Waals surface area contributed by atoms with Gasteiger partial charge in [-0.05, 0) is 42.3 Å². The first kappa shape index (κ1) is 17.0. The van der Waals surface area contributed by atoms with Gasteiger partial charge in [0.1, 0.15) is 17.5 Å². The third-order valence-electron chi connectivity index (χ3n) is 4.03. The lowest BCUT2D eigenvalue weighted by atomic mass is 10.2. The molecule has 26 heavy (non-hydrogen) atoms. The Balaban J connectivity index is 1.79. The van der Waals surface area contributed by atoms with Crippen LogP contribution in [0.5, 0.6) is 0 Å². The summed E-state index contributed by atoms with van der Waals surface area (Å²) in [7, 11) is 0. The van der Waals surface area contributed by atoms with E-state index in [0.29, 0.717) is 23.6 Å². The van der Waals surface area contributed by atoms with E-state index in [1.54, 1.807) is 12.1 Å². The predicted octanol–water partition coefficient (Wildman–Crippen LogP) is 3.76. The maximum atomic E-state index is 11.1. The molecule has 0 radical (unpaired) electrons. The molecular formula is C19H17N5O2. The normalized spacial score (nSPS) is 10.3. The lowest BCUT2D eigenvalue weighted by Crippen LogP contribution is -2.05. The molecule has 0 fully saturated rings. The van der Waals surface area contributed by atoms with Gasteiger partial charge >= 0.3 is 0 Å². The molecule has 0 atom stereocenters. The minimum Gasteiger partial charge on any atom is -0.397 e. The first-order valence-electron chi connectivity index (χ1n) is 7.94. The van der Waals surface area contributed by atoms with Gasteiger partial charge in [-0.3, -0.25) is 10.1 Å². The van der Waals surface area contributed by atoms with Crippen LogP contribution < -0.4 is 11.1 Å². The van der Waals surface area contributed by atoms with Gasteiger partial charge in [0, 0.05) is 24.5 Å². The number of nitro groups is 1. The van der Waals surface area contributed by atoms with Crippen molar-refractivity contribution in [2.24, 2.45) is 0 Å². The molecule has 1 heterocycles. The Bertz CT molecular complexity index is 1000. The number of nitrogens with two attached hydrogens (primary N) is 1. The van der Waals surface area contributed by atoms with Gasteiger partial charge < -0.3 is 15.6 Å². The quantitative estimate of drug-likeness (QED) is 0.415. The zero-order valence-electron chi connectivity index (χ0n) is 14.1. The maximum Gasteiger partial charge on any atom is 0.294 e. The number of nitrogens with one attached hydrogen (secondary N) is 1. The van der Waals surface area contributed by atoms with Crippen LogP contribution in [0.15, 0.2) is 54.7 Å². The van der Waals surface area contributed by atoms with Gasteiger partial charge in [0.15, 0.2) is 0 Å². The van der Waals surface area contributed by atoms with Crippen molar-refractivity contribution in [2.75, 3.05) is 11.1 Å². The van der Waals surface area contributed by atoms with E-state index in [2.05, 4.69) is 11.4 Å². The molecule has 3 rings (SSSR count). The lowest BCUT2D eigenvalue weighted by molar-refractivity contribution is -0.383. The number of hydrogen-bond donors (Lipinski definition) is 2. The number of nitrogen functional groups attached to an aromatic ring is 1. The number of anilines is 2. The number of rotatable bonds is 5. The summed E-state index contributed by atoms with van der Waals surface area (Å²) in [5.74, 6) is 0. The standard InChI is InChI=1S/C19H17N5O2/c1-13-9-16(10-20)23(12-13)15-7-5-14(6-8-15)11-22-19-17(21)3-2-4-18(19)24(25)26/h2-9,12,22H,11,21H2,1H3. The number of nitro benzene ring substituents is 1. The van der Waals surface area contributed by atoms with Crippen molar-refractivity contribution in [3.8, 4) is 11.8 Å². The summed E-state index contributed by atoms with van der Waals surface area (Å²) in [4.78, 5) is 10.7. The monoisotopic (exact) mass is 347 g/mol. The summed E-state index contributed by atoms with van der Waals surface area (Å²) in [5, 5.41) is 23.4. The molecule has 2 aromatic carbocycles. The van der Waals surface area contributed by atoms with Gasteiger partial charge in [-0.1, -0.05) is 18.2 Å². The van der Waals surface area contributed by atoms with E-state index in [9.17, 15) is 15.4 Å². The van der Waals surface area contributed by atoms with Crippen molar-refractivity contribution in [1.29, 1.82) is 5.26 Å². The molecule has 130 valence electrons. The smallest absolute Gasteiger partial charge is 0.294 e. The van der Waals surface area contributed by atoms with E-state index in [-0.39, 0.29) is 5.69 Å². The van der Waals surface area contributed by atoms with Crippen molar-refractivity contribution in [3.05, 3.63) is 81.7 Å². The van der Waals surface area contributed by atoms with Crippen molar-refractivity contribution in [1.82, 2.24) is 4.57 Å². The topological polar surface area (TPSA) is 110 Å². The second kappa shape index (κ2) is 6.99. The maximum absolute atomic E-state index is 11.1. The van der Waals surface area contributed by atoms with Gasteiger partial charge in [0.05, 0.1) is 10.6 Å². The van der Waals surface area contributed by atoms with Crippen LogP contribution in [0.4, 0.5) is 17.1 Å². The highest BCUT2D eigenvalue weighted by atomic mass is 16.6. The van der Waals surface area contributed by atoms with E-state index < -0.39 is 4.92 Å². The largest absolute Gasteiger partial charge is 0.397 e. The Morgan fingerprint density at radius 2 is 2.00 bits per heavy atom. The Morgan fingerprint density at radius 1 is 1.27 bits per heavy atom. The Labute approximate surface area is 150 Å². The van der Waals surface area contributed by atoms with Crippen LogP contribution in [-0.2, 0) is 6.54 Å². The fourth-order valence-corrected chi connectivity index (χ4v) is 2.76. The summed E-state index contributed by atoms with van der Waals surface area (Å²) in [6, 6.07) is 16.2. The molecule has 0 amide bonds. The molecule has 3 aromatic rings. The fraction of sp³-hybridized carbons (Fsp3) is 0.105. The van der Waals surface area contributed by atoms with Crippen molar-refractivity contribution >= 4 is 17.1 Å². The average molecular weight is 347 g/mol. The highest BCUT2D eigenvalue weighted by Crippen LogP contribution is 2.30. The van der Waals surface area contributed by atoms with Crippen molar-refractivity contribution in [3.63, 3.8) is 0 Å². The first-order valence-corrected chi connectivity index (χ1v) is 7.94. The molecule has 7 nitrogen and oxygen atoms in total. The van der Waals surface area contributed by atoms with Gasteiger partial charge in [-0.15, -0.1) is 0 Å². The van der Waals surface area contributed by atoms with Gasteiger partial charge in [-0.2, -0.15) is 5.26 Å². The summed E-state index contributed by atoms with van der Waals surface area (Å²) in [6.45, 7) is 2.33. The molecule has 0 saturated carbocycles. The number of aromatic nitrogens is 1. The van der Waals surface area contributed by atoms with Crippen LogP contribution >= 0.6 is 0 Å². The molecule has 0 bridgehead atoms. The van der Waals surface area contributed by atoms with E-state index in [4.69, 9.17) is 5.73 Å². The van der Waals surface area contributed by atoms with Crippen LogP contribution in [0.2, 0.25) is 0 Å². The minimum atomic E-state index is -0.459. The minimum absolute atomic E-state index is 0.0527. The molecule has 0 aliphatic rings. The van der Waals surface area contributed by atoms with Crippen LogP contribution in [0.25, 0.3) is 5.69 Å². The molecule has 7 heteroatoms. The van der Waals surface area contributed by atoms with E-state index >= 15 is 0 Å². The summed E-state index contributed by atoms with van der Waals surface area (Å²) in [5.41, 5.74) is 9.85. The number of nitrogens with zero attached hydrogens (tertiary/aromatic N) is 3. The zero-order valence-corrected chi connectivity index (χ0v) is 14.1. The molecule has 0 unspecified atom stereocenters. The number of aryl methyl sites for hydroxylation is 1. The van der Waals surface area contributed by atoms with E-state index in [0.717, 1.165) is 16.8 Å². The zero-order chi connectivity index (χ0) is 18.7. The van der Waals surface area contributed by atoms with Gasteiger partial charge in [-0.25, -0.2) is 0 Å². The first-order chi connectivity index (χ1) is 12.5. The van der Waals surface area contributed by atoms with Crippen LogP contribution in [0, 0.1) is 28.4 Å². The van der Waals surface area contributed by atoms with E-state index in [1.807, 2.05) is 48.0 Å². The second-order valence-electron chi connectivity index (χ2n) is 5.90.